The fraction of sp³-hybridized carbons (Fsp3) is 0.812. The van der Waals surface area contributed by atoms with Crippen LogP contribution in [0.25, 0.3) is 0 Å². The summed E-state index contributed by atoms with van der Waals surface area (Å²) in [7, 11) is 0. The van der Waals surface area contributed by atoms with Gasteiger partial charge in [-0.1, -0.05) is 50.6 Å². The maximum Gasteiger partial charge on any atom is 0.0834 e. The number of nitrogens with zero attached hydrogens (tertiary/aromatic N) is 2. The number of halogens is 1. The van der Waals surface area contributed by atoms with Crippen molar-refractivity contribution in [1.29, 1.82) is 0 Å². The third kappa shape index (κ3) is 3.76. The molecule has 0 amide bonds. The lowest BCUT2D eigenvalue weighted by Gasteiger charge is -2.30. The van der Waals surface area contributed by atoms with E-state index in [9.17, 15) is 0 Å². The molecule has 0 bridgehead atoms. The highest BCUT2D eigenvalue weighted by atomic mass is 35.5. The molecule has 2 rings (SSSR count). The molecule has 0 radical (unpaired) electrons. The molecule has 1 heterocycles. The van der Waals surface area contributed by atoms with Gasteiger partial charge in [0.15, 0.2) is 0 Å². The topological polar surface area (TPSA) is 29.9 Å². The molecular formula is C16H28ClN3. The normalized spacial score (nSPS) is 19.6. The highest BCUT2D eigenvalue weighted by Crippen LogP contribution is 2.35. The molecule has 1 unspecified atom stereocenters. The standard InChI is InChI=1S/C16H28ClN3/c1-3-18-15(13-10-8-6-5-7-9-11-13)16-14(17)12-19-20(16)4-2/h12-13,15,18H,3-11H2,1-2H3. The Balaban J connectivity index is 2.21. The second kappa shape index (κ2) is 8.04. The highest BCUT2D eigenvalue weighted by molar-refractivity contribution is 6.31. The molecule has 0 aromatic carbocycles. The first kappa shape index (κ1) is 15.8. The molecule has 1 aliphatic carbocycles. The van der Waals surface area contributed by atoms with E-state index in [1.54, 1.807) is 6.20 Å². The molecule has 4 heteroatoms. The molecule has 0 aliphatic heterocycles. The van der Waals surface area contributed by atoms with Crippen molar-refractivity contribution in [2.45, 2.75) is 71.4 Å². The zero-order valence-electron chi connectivity index (χ0n) is 12.9. The zero-order chi connectivity index (χ0) is 14.4. The van der Waals surface area contributed by atoms with E-state index < -0.39 is 0 Å². The van der Waals surface area contributed by atoms with E-state index in [4.69, 9.17) is 11.6 Å². The van der Waals surface area contributed by atoms with E-state index in [1.165, 1.54) is 50.6 Å². The van der Waals surface area contributed by atoms with Crippen molar-refractivity contribution < 1.29 is 0 Å². The zero-order valence-corrected chi connectivity index (χ0v) is 13.6. The first-order valence-electron chi connectivity index (χ1n) is 8.22. The van der Waals surface area contributed by atoms with Crippen molar-refractivity contribution in [3.8, 4) is 0 Å². The van der Waals surface area contributed by atoms with E-state index in [-0.39, 0.29) is 0 Å². The summed E-state index contributed by atoms with van der Waals surface area (Å²) in [5.74, 6) is 0.690. The lowest BCUT2D eigenvalue weighted by atomic mass is 9.84. The molecule has 1 saturated carbocycles. The largest absolute Gasteiger partial charge is 0.309 e. The van der Waals surface area contributed by atoms with Crippen LogP contribution in [0.4, 0.5) is 0 Å². The van der Waals surface area contributed by atoms with Crippen LogP contribution in [0.1, 0.15) is 70.5 Å². The van der Waals surface area contributed by atoms with Gasteiger partial charge in [-0.05, 0) is 32.2 Å². The Morgan fingerprint density at radius 3 is 2.50 bits per heavy atom. The molecule has 0 saturated heterocycles. The molecule has 1 aliphatic rings. The first-order valence-corrected chi connectivity index (χ1v) is 8.60. The van der Waals surface area contributed by atoms with E-state index in [2.05, 4.69) is 28.9 Å². The molecule has 1 N–H and O–H groups in total. The van der Waals surface area contributed by atoms with E-state index in [0.717, 1.165) is 18.1 Å². The minimum absolute atomic E-state index is 0.355. The fourth-order valence-electron chi connectivity index (χ4n) is 3.46. The van der Waals surface area contributed by atoms with Gasteiger partial charge in [0.1, 0.15) is 0 Å². The van der Waals surface area contributed by atoms with Gasteiger partial charge in [-0.3, -0.25) is 4.68 Å². The lowest BCUT2D eigenvalue weighted by Crippen LogP contribution is -2.31. The van der Waals surface area contributed by atoms with Gasteiger partial charge < -0.3 is 5.32 Å². The predicted octanol–water partition coefficient (Wildman–Crippen LogP) is 4.57. The summed E-state index contributed by atoms with van der Waals surface area (Å²) in [6, 6.07) is 0.355. The SMILES string of the molecule is CCNC(c1c(Cl)cnn1CC)C1CCCCCCC1. The van der Waals surface area contributed by atoms with Crippen LogP contribution < -0.4 is 5.32 Å². The summed E-state index contributed by atoms with van der Waals surface area (Å²) in [5.41, 5.74) is 1.20. The summed E-state index contributed by atoms with van der Waals surface area (Å²) in [5, 5.41) is 8.91. The number of aryl methyl sites for hydroxylation is 1. The number of aromatic nitrogens is 2. The van der Waals surface area contributed by atoms with Gasteiger partial charge in [-0.2, -0.15) is 5.10 Å². The van der Waals surface area contributed by atoms with Crippen molar-refractivity contribution >= 4 is 11.6 Å². The number of hydrogen-bond donors (Lipinski definition) is 1. The van der Waals surface area contributed by atoms with Crippen LogP contribution in [0.2, 0.25) is 5.02 Å². The van der Waals surface area contributed by atoms with Crippen LogP contribution >= 0.6 is 11.6 Å². The summed E-state index contributed by atoms with van der Waals surface area (Å²) in [4.78, 5) is 0. The molecule has 114 valence electrons. The first-order chi connectivity index (χ1) is 9.77. The predicted molar refractivity (Wildman–Crippen MR) is 85.1 cm³/mol. The van der Waals surface area contributed by atoms with Crippen molar-refractivity contribution in [2.24, 2.45) is 5.92 Å². The van der Waals surface area contributed by atoms with Crippen LogP contribution in [0.3, 0.4) is 0 Å². The number of rotatable bonds is 5. The van der Waals surface area contributed by atoms with Crippen LogP contribution in [-0.2, 0) is 6.54 Å². The number of hydrogen-bond acceptors (Lipinski definition) is 2. The van der Waals surface area contributed by atoms with Gasteiger partial charge in [-0.15, -0.1) is 0 Å². The number of nitrogens with one attached hydrogen (secondary N) is 1. The minimum atomic E-state index is 0.355. The quantitative estimate of drug-likeness (QED) is 0.863. The third-order valence-corrected chi connectivity index (χ3v) is 4.76. The second-order valence-electron chi connectivity index (χ2n) is 5.83. The Kier molecular flexibility index (Phi) is 6.37. The monoisotopic (exact) mass is 297 g/mol. The molecule has 1 fully saturated rings. The summed E-state index contributed by atoms with van der Waals surface area (Å²) < 4.78 is 2.06. The molecule has 1 aromatic heterocycles. The van der Waals surface area contributed by atoms with E-state index in [1.807, 2.05) is 0 Å². The average molecular weight is 298 g/mol. The minimum Gasteiger partial charge on any atom is -0.309 e. The van der Waals surface area contributed by atoms with E-state index >= 15 is 0 Å². The maximum atomic E-state index is 6.42. The van der Waals surface area contributed by atoms with Gasteiger partial charge in [0.05, 0.1) is 23.0 Å². The molecule has 3 nitrogen and oxygen atoms in total. The van der Waals surface area contributed by atoms with Crippen molar-refractivity contribution in [1.82, 2.24) is 15.1 Å². The van der Waals surface area contributed by atoms with Gasteiger partial charge >= 0.3 is 0 Å². The van der Waals surface area contributed by atoms with Crippen LogP contribution in [0.5, 0.6) is 0 Å². The van der Waals surface area contributed by atoms with Crippen LogP contribution in [-0.4, -0.2) is 16.3 Å². The molecule has 1 atom stereocenters. The average Bonchev–Trinajstić information content (AvgIpc) is 2.77. The highest BCUT2D eigenvalue weighted by Gasteiger charge is 2.27. The molecular weight excluding hydrogens is 270 g/mol. The molecule has 20 heavy (non-hydrogen) atoms. The fourth-order valence-corrected chi connectivity index (χ4v) is 3.72. The van der Waals surface area contributed by atoms with E-state index in [0.29, 0.717) is 12.0 Å². The third-order valence-electron chi connectivity index (χ3n) is 4.47. The maximum absolute atomic E-state index is 6.42. The molecule has 0 spiro atoms. The van der Waals surface area contributed by atoms with Crippen molar-refractivity contribution in [3.05, 3.63) is 16.9 Å². The Labute approximate surface area is 128 Å². The van der Waals surface area contributed by atoms with Crippen molar-refractivity contribution in [3.63, 3.8) is 0 Å². The molecule has 1 aromatic rings. The summed E-state index contributed by atoms with van der Waals surface area (Å²) >= 11 is 6.42. The van der Waals surface area contributed by atoms with Crippen molar-refractivity contribution in [2.75, 3.05) is 6.54 Å². The lowest BCUT2D eigenvalue weighted by molar-refractivity contribution is 0.280. The smallest absolute Gasteiger partial charge is 0.0834 e. The summed E-state index contributed by atoms with van der Waals surface area (Å²) in [6.07, 6.45) is 11.3. The van der Waals surface area contributed by atoms with Gasteiger partial charge in [-0.25, -0.2) is 0 Å². The van der Waals surface area contributed by atoms with Gasteiger partial charge in [0.25, 0.3) is 0 Å². The van der Waals surface area contributed by atoms with Crippen LogP contribution in [0.15, 0.2) is 6.20 Å². The Bertz CT molecular complexity index is 394. The van der Waals surface area contributed by atoms with Crippen LogP contribution in [0, 0.1) is 5.92 Å². The Morgan fingerprint density at radius 2 is 1.90 bits per heavy atom. The van der Waals surface area contributed by atoms with Gasteiger partial charge in [0.2, 0.25) is 0 Å². The second-order valence-corrected chi connectivity index (χ2v) is 6.24. The summed E-state index contributed by atoms with van der Waals surface area (Å²) in [6.45, 7) is 6.17. The Morgan fingerprint density at radius 1 is 1.25 bits per heavy atom. The Hall–Kier alpha value is -0.540. The van der Waals surface area contributed by atoms with Gasteiger partial charge in [0, 0.05) is 6.54 Å².